The van der Waals surface area contributed by atoms with Crippen LogP contribution in [-0.4, -0.2) is 46.8 Å². The van der Waals surface area contributed by atoms with Gasteiger partial charge in [-0.15, -0.1) is 0 Å². The number of anilines is 1. The van der Waals surface area contributed by atoms with Gasteiger partial charge in [0.25, 0.3) is 0 Å². The van der Waals surface area contributed by atoms with Crippen molar-refractivity contribution in [1.29, 1.82) is 0 Å². The van der Waals surface area contributed by atoms with Gasteiger partial charge in [-0.1, -0.05) is 50.4 Å². The molecule has 6 heteroatoms. The second-order valence-corrected chi connectivity index (χ2v) is 9.78. The Kier molecular flexibility index (Phi) is 8.40. The zero-order chi connectivity index (χ0) is 22.5. The number of amides is 2. The van der Waals surface area contributed by atoms with E-state index in [1.807, 2.05) is 32.0 Å². The van der Waals surface area contributed by atoms with E-state index in [1.165, 1.54) is 12.8 Å². The molecule has 1 heterocycles. The Bertz CT molecular complexity index is 762. The van der Waals surface area contributed by atoms with Crippen molar-refractivity contribution in [3.05, 3.63) is 28.8 Å². The van der Waals surface area contributed by atoms with E-state index in [-0.39, 0.29) is 29.8 Å². The summed E-state index contributed by atoms with van der Waals surface area (Å²) in [6.45, 7) is 10.8. The molecule has 0 unspecified atom stereocenters. The van der Waals surface area contributed by atoms with Gasteiger partial charge in [0.1, 0.15) is 0 Å². The molecule has 0 bridgehead atoms. The molecule has 5 nitrogen and oxygen atoms in total. The zero-order valence-electron chi connectivity index (χ0n) is 19.5. The maximum absolute atomic E-state index is 13.0. The Labute approximate surface area is 192 Å². The average molecular weight is 448 g/mol. The quantitative estimate of drug-likeness (QED) is 0.614. The van der Waals surface area contributed by atoms with Crippen molar-refractivity contribution in [1.82, 2.24) is 9.80 Å². The first-order valence-corrected chi connectivity index (χ1v) is 12.4. The normalized spacial score (nSPS) is 22.8. The smallest absolute Gasteiger partial charge is 0.227 e. The average Bonchev–Trinajstić information content (AvgIpc) is 3.26. The zero-order valence-corrected chi connectivity index (χ0v) is 20.3. The molecule has 2 fully saturated rings. The number of nitrogens with zero attached hydrogens (tertiary/aromatic N) is 2. The minimum absolute atomic E-state index is 0.00639. The fourth-order valence-corrected chi connectivity index (χ4v) is 5.55. The summed E-state index contributed by atoms with van der Waals surface area (Å²) in [6.07, 6.45) is 6.09. The topological polar surface area (TPSA) is 52.7 Å². The molecule has 0 aromatic heterocycles. The number of benzene rings is 1. The maximum Gasteiger partial charge on any atom is 0.227 e. The number of nitrogens with one attached hydrogen (secondary N) is 1. The highest BCUT2D eigenvalue weighted by atomic mass is 35.5. The fourth-order valence-electron chi connectivity index (χ4n) is 5.31. The minimum Gasteiger partial charge on any atom is -0.334 e. The molecule has 1 N–H and O–H groups in total. The van der Waals surface area contributed by atoms with Crippen LogP contribution in [0.25, 0.3) is 0 Å². The summed E-state index contributed by atoms with van der Waals surface area (Å²) in [7, 11) is 0. The predicted molar refractivity (Wildman–Crippen MR) is 127 cm³/mol. The van der Waals surface area contributed by atoms with Gasteiger partial charge in [0.15, 0.2) is 0 Å². The predicted octanol–water partition coefficient (Wildman–Crippen LogP) is 5.33. The number of piperazine rings is 1. The third-order valence-corrected chi connectivity index (χ3v) is 7.49. The minimum atomic E-state index is 0.00639. The summed E-state index contributed by atoms with van der Waals surface area (Å²) in [4.78, 5) is 30.0. The Morgan fingerprint density at radius 2 is 1.71 bits per heavy atom. The van der Waals surface area contributed by atoms with Crippen molar-refractivity contribution >= 4 is 29.1 Å². The van der Waals surface area contributed by atoms with Crippen molar-refractivity contribution < 1.29 is 9.59 Å². The Morgan fingerprint density at radius 3 is 2.29 bits per heavy atom. The van der Waals surface area contributed by atoms with Crippen LogP contribution in [0, 0.1) is 11.8 Å². The van der Waals surface area contributed by atoms with E-state index in [1.54, 1.807) is 0 Å². The van der Waals surface area contributed by atoms with Crippen LogP contribution in [-0.2, 0) is 16.1 Å². The standard InChI is InChI=1S/C25H38ClN3O2/c1-5-19(6-2)24(30)27-22-13-9-12-21(23(22)26)16-28-14-17(3)29(18(4)15-28)25(31)20-10-7-8-11-20/h9,12-13,17-20H,5-8,10-11,14-16H2,1-4H3,(H,27,30)/t17-,18+. The lowest BCUT2D eigenvalue weighted by Crippen LogP contribution is -2.59. The van der Waals surface area contributed by atoms with Gasteiger partial charge in [0.2, 0.25) is 11.8 Å². The summed E-state index contributed by atoms with van der Waals surface area (Å²) in [5.74, 6) is 0.611. The molecule has 1 aromatic carbocycles. The van der Waals surface area contributed by atoms with Crippen molar-refractivity contribution in [2.45, 2.75) is 84.8 Å². The first-order chi connectivity index (χ1) is 14.8. The van der Waals surface area contributed by atoms with E-state index in [9.17, 15) is 9.59 Å². The highest BCUT2D eigenvalue weighted by Crippen LogP contribution is 2.31. The molecule has 1 aromatic rings. The van der Waals surface area contributed by atoms with E-state index in [2.05, 4.69) is 29.0 Å². The largest absolute Gasteiger partial charge is 0.334 e. The number of carbonyl (C=O) groups is 2. The van der Waals surface area contributed by atoms with Crippen molar-refractivity contribution in [3.8, 4) is 0 Å². The van der Waals surface area contributed by atoms with Crippen LogP contribution in [0.2, 0.25) is 5.02 Å². The van der Waals surface area contributed by atoms with Gasteiger partial charge in [-0.05, 0) is 51.2 Å². The number of carbonyl (C=O) groups excluding carboxylic acids is 2. The summed E-state index contributed by atoms with van der Waals surface area (Å²) in [6, 6.07) is 6.23. The van der Waals surface area contributed by atoms with Gasteiger partial charge < -0.3 is 10.2 Å². The van der Waals surface area contributed by atoms with E-state index >= 15 is 0 Å². The third kappa shape index (κ3) is 5.61. The lowest BCUT2D eigenvalue weighted by atomic mass is 10.0. The lowest BCUT2D eigenvalue weighted by molar-refractivity contribution is -0.143. The third-order valence-electron chi connectivity index (χ3n) is 7.04. The molecule has 2 atom stereocenters. The van der Waals surface area contributed by atoms with Crippen LogP contribution < -0.4 is 5.32 Å². The first-order valence-electron chi connectivity index (χ1n) is 12.0. The van der Waals surface area contributed by atoms with Crippen LogP contribution in [0.1, 0.15) is 71.8 Å². The summed E-state index contributed by atoms with van der Waals surface area (Å²) < 4.78 is 0. The van der Waals surface area contributed by atoms with E-state index in [0.29, 0.717) is 23.2 Å². The van der Waals surface area contributed by atoms with E-state index in [0.717, 1.165) is 44.3 Å². The van der Waals surface area contributed by atoms with Crippen LogP contribution >= 0.6 is 11.6 Å². The molecule has 31 heavy (non-hydrogen) atoms. The molecule has 1 saturated heterocycles. The van der Waals surface area contributed by atoms with Gasteiger partial charge in [0, 0.05) is 43.6 Å². The number of rotatable bonds is 7. The first kappa shape index (κ1) is 24.1. The summed E-state index contributed by atoms with van der Waals surface area (Å²) in [5, 5.41) is 3.64. The molecule has 2 amide bonds. The fraction of sp³-hybridized carbons (Fsp3) is 0.680. The number of hydrogen-bond donors (Lipinski definition) is 1. The van der Waals surface area contributed by atoms with Gasteiger partial charge >= 0.3 is 0 Å². The van der Waals surface area contributed by atoms with Crippen molar-refractivity contribution in [2.75, 3.05) is 18.4 Å². The Balaban J connectivity index is 1.65. The van der Waals surface area contributed by atoms with Gasteiger partial charge in [-0.2, -0.15) is 0 Å². The molecular formula is C25H38ClN3O2. The highest BCUT2D eigenvalue weighted by Gasteiger charge is 2.37. The molecule has 0 radical (unpaired) electrons. The van der Waals surface area contributed by atoms with Gasteiger partial charge in [-0.25, -0.2) is 0 Å². The number of halogens is 1. The highest BCUT2D eigenvalue weighted by molar-refractivity contribution is 6.34. The maximum atomic E-state index is 13.0. The SMILES string of the molecule is CCC(CC)C(=O)Nc1cccc(CN2C[C@@H](C)N(C(=O)C3CCCC3)[C@@H](C)C2)c1Cl. The Morgan fingerprint density at radius 1 is 1.10 bits per heavy atom. The van der Waals surface area contributed by atoms with Gasteiger partial charge in [-0.3, -0.25) is 14.5 Å². The molecule has 0 spiro atoms. The monoisotopic (exact) mass is 447 g/mol. The molecule has 1 aliphatic heterocycles. The van der Waals surface area contributed by atoms with Gasteiger partial charge in [0.05, 0.1) is 10.7 Å². The molecular weight excluding hydrogens is 410 g/mol. The van der Waals surface area contributed by atoms with Crippen LogP contribution in [0.5, 0.6) is 0 Å². The van der Waals surface area contributed by atoms with Crippen molar-refractivity contribution in [3.63, 3.8) is 0 Å². The van der Waals surface area contributed by atoms with E-state index in [4.69, 9.17) is 11.6 Å². The van der Waals surface area contributed by atoms with Crippen LogP contribution in [0.4, 0.5) is 5.69 Å². The van der Waals surface area contributed by atoms with Crippen LogP contribution in [0.3, 0.4) is 0 Å². The van der Waals surface area contributed by atoms with Crippen molar-refractivity contribution in [2.24, 2.45) is 11.8 Å². The molecule has 1 saturated carbocycles. The second-order valence-electron chi connectivity index (χ2n) is 9.40. The molecule has 2 aliphatic rings. The summed E-state index contributed by atoms with van der Waals surface area (Å²) in [5.41, 5.74) is 1.70. The number of hydrogen-bond acceptors (Lipinski definition) is 3. The summed E-state index contributed by atoms with van der Waals surface area (Å²) >= 11 is 6.70. The van der Waals surface area contributed by atoms with Crippen LogP contribution in [0.15, 0.2) is 18.2 Å². The molecule has 3 rings (SSSR count). The van der Waals surface area contributed by atoms with E-state index < -0.39 is 0 Å². The molecule has 172 valence electrons. The lowest BCUT2D eigenvalue weighted by Gasteiger charge is -2.45. The molecule has 1 aliphatic carbocycles. The second kappa shape index (κ2) is 10.8. The Hall–Kier alpha value is -1.59.